The van der Waals surface area contributed by atoms with E-state index in [1.807, 2.05) is 50.2 Å². The van der Waals surface area contributed by atoms with E-state index in [9.17, 15) is 24.3 Å². The third-order valence-electron chi connectivity index (χ3n) is 6.33. The standard InChI is InChI=1S/C30H39N3O7/c1-18(2)14-19(16-31-27(36)25(15-26(34)35)33-29(38)40-30(3,4)5)32-28(37)39-17-24-22-12-8-6-10-20(22)21-11-7-9-13-23(21)24/h6-13,18-19,24-25H,14-17H2,1-5H3,(H,31,36)(H,32,37)(H,33,38)(H,34,35)/t19-,25+/m0/s1. The fraction of sp³-hybridized carbons (Fsp3) is 0.467. The second-order valence-electron chi connectivity index (χ2n) is 11.3. The molecule has 216 valence electrons. The van der Waals surface area contributed by atoms with Gasteiger partial charge in [0, 0.05) is 18.5 Å². The zero-order valence-electron chi connectivity index (χ0n) is 23.7. The summed E-state index contributed by atoms with van der Waals surface area (Å²) >= 11 is 0. The molecule has 0 fully saturated rings. The van der Waals surface area contributed by atoms with Gasteiger partial charge in [0.05, 0.1) is 6.42 Å². The molecule has 1 aliphatic rings. The Kier molecular flexibility index (Phi) is 10.1. The predicted molar refractivity (Wildman–Crippen MR) is 150 cm³/mol. The molecule has 0 saturated heterocycles. The number of alkyl carbamates (subject to hydrolysis) is 2. The summed E-state index contributed by atoms with van der Waals surface area (Å²) in [6.07, 6.45) is -1.60. The van der Waals surface area contributed by atoms with Gasteiger partial charge in [-0.1, -0.05) is 62.4 Å². The van der Waals surface area contributed by atoms with E-state index < -0.39 is 48.2 Å². The van der Waals surface area contributed by atoms with Crippen LogP contribution in [0.15, 0.2) is 48.5 Å². The average molecular weight is 554 g/mol. The molecule has 0 unspecified atom stereocenters. The smallest absolute Gasteiger partial charge is 0.408 e. The second kappa shape index (κ2) is 13.3. The largest absolute Gasteiger partial charge is 0.481 e. The molecule has 2 aromatic carbocycles. The number of rotatable bonds is 11. The third kappa shape index (κ3) is 8.72. The normalized spacial score (nSPS) is 13.9. The summed E-state index contributed by atoms with van der Waals surface area (Å²) in [6.45, 7) is 9.10. The number of carboxylic acid groups (broad SMARTS) is 1. The van der Waals surface area contributed by atoms with Crippen molar-refractivity contribution >= 4 is 24.1 Å². The maximum absolute atomic E-state index is 12.8. The van der Waals surface area contributed by atoms with Crippen LogP contribution >= 0.6 is 0 Å². The minimum Gasteiger partial charge on any atom is -0.481 e. The number of nitrogens with one attached hydrogen (secondary N) is 3. The topological polar surface area (TPSA) is 143 Å². The predicted octanol–water partition coefficient (Wildman–Crippen LogP) is 4.42. The summed E-state index contributed by atoms with van der Waals surface area (Å²) in [6, 6.07) is 14.3. The van der Waals surface area contributed by atoms with Crippen LogP contribution in [0.3, 0.4) is 0 Å². The molecule has 4 N–H and O–H groups in total. The van der Waals surface area contributed by atoms with Crippen molar-refractivity contribution < 1.29 is 33.8 Å². The molecule has 1 aliphatic carbocycles. The molecular formula is C30H39N3O7. The lowest BCUT2D eigenvalue weighted by molar-refractivity contribution is -0.139. The van der Waals surface area contributed by atoms with Crippen LogP contribution in [0, 0.1) is 5.92 Å². The van der Waals surface area contributed by atoms with Gasteiger partial charge in [-0.2, -0.15) is 0 Å². The van der Waals surface area contributed by atoms with E-state index in [4.69, 9.17) is 9.47 Å². The van der Waals surface area contributed by atoms with Crippen molar-refractivity contribution in [1.82, 2.24) is 16.0 Å². The first-order chi connectivity index (χ1) is 18.8. The van der Waals surface area contributed by atoms with E-state index in [0.29, 0.717) is 6.42 Å². The highest BCUT2D eigenvalue weighted by Crippen LogP contribution is 2.44. The van der Waals surface area contributed by atoms with Gasteiger partial charge in [-0.25, -0.2) is 9.59 Å². The fourth-order valence-corrected chi connectivity index (χ4v) is 4.75. The Morgan fingerprint density at radius 1 is 0.900 bits per heavy atom. The van der Waals surface area contributed by atoms with Crippen LogP contribution in [0.4, 0.5) is 9.59 Å². The zero-order valence-corrected chi connectivity index (χ0v) is 23.7. The lowest BCUT2D eigenvalue weighted by Gasteiger charge is -2.24. The summed E-state index contributed by atoms with van der Waals surface area (Å²) in [5, 5.41) is 17.0. The van der Waals surface area contributed by atoms with Crippen molar-refractivity contribution in [2.45, 2.75) is 71.1 Å². The number of ether oxygens (including phenoxy) is 2. The van der Waals surface area contributed by atoms with Gasteiger partial charge in [-0.3, -0.25) is 9.59 Å². The van der Waals surface area contributed by atoms with E-state index in [0.717, 1.165) is 22.3 Å². The van der Waals surface area contributed by atoms with Crippen LogP contribution < -0.4 is 16.0 Å². The second-order valence-corrected chi connectivity index (χ2v) is 11.3. The van der Waals surface area contributed by atoms with Crippen molar-refractivity contribution in [3.8, 4) is 11.1 Å². The molecule has 0 bridgehead atoms. The molecule has 2 aromatic rings. The van der Waals surface area contributed by atoms with E-state index in [1.54, 1.807) is 20.8 Å². The van der Waals surface area contributed by atoms with E-state index in [-0.39, 0.29) is 25.0 Å². The van der Waals surface area contributed by atoms with Crippen LogP contribution in [0.1, 0.15) is 64.5 Å². The zero-order chi connectivity index (χ0) is 29.4. The number of carboxylic acids is 1. The SMILES string of the molecule is CC(C)C[C@@H](CNC(=O)[C@@H](CC(=O)O)NC(=O)OC(C)(C)C)NC(=O)OCC1c2ccccc2-c2ccccc21. The Balaban J connectivity index is 1.59. The van der Waals surface area contributed by atoms with Crippen LogP contribution in [-0.2, 0) is 19.1 Å². The quantitative estimate of drug-likeness (QED) is 0.322. The number of hydrogen-bond acceptors (Lipinski definition) is 6. The Hall–Kier alpha value is -4.08. The molecule has 2 atom stereocenters. The van der Waals surface area contributed by atoms with Gasteiger partial charge in [-0.15, -0.1) is 0 Å². The highest BCUT2D eigenvalue weighted by atomic mass is 16.6. The Bertz CT molecular complexity index is 1180. The molecule has 0 aromatic heterocycles. The molecular weight excluding hydrogens is 514 g/mol. The van der Waals surface area contributed by atoms with Gasteiger partial charge < -0.3 is 30.5 Å². The van der Waals surface area contributed by atoms with Gasteiger partial charge >= 0.3 is 18.2 Å². The van der Waals surface area contributed by atoms with Crippen LogP contribution in [-0.4, -0.2) is 60.0 Å². The molecule has 0 aliphatic heterocycles. The summed E-state index contributed by atoms with van der Waals surface area (Å²) in [4.78, 5) is 49.1. The number of benzene rings is 2. The summed E-state index contributed by atoms with van der Waals surface area (Å²) in [5.74, 6) is -1.86. The Morgan fingerprint density at radius 3 is 2.00 bits per heavy atom. The van der Waals surface area contributed by atoms with E-state index >= 15 is 0 Å². The van der Waals surface area contributed by atoms with Crippen molar-refractivity contribution in [3.63, 3.8) is 0 Å². The highest BCUT2D eigenvalue weighted by Gasteiger charge is 2.30. The number of aliphatic carboxylic acids is 1. The Morgan fingerprint density at radius 2 is 1.48 bits per heavy atom. The van der Waals surface area contributed by atoms with E-state index in [2.05, 4.69) is 28.1 Å². The maximum Gasteiger partial charge on any atom is 0.408 e. The third-order valence-corrected chi connectivity index (χ3v) is 6.33. The summed E-state index contributed by atoms with van der Waals surface area (Å²) < 4.78 is 10.8. The van der Waals surface area contributed by atoms with Crippen molar-refractivity contribution in [3.05, 3.63) is 59.7 Å². The molecule has 0 saturated carbocycles. The van der Waals surface area contributed by atoms with Crippen LogP contribution in [0.25, 0.3) is 11.1 Å². The van der Waals surface area contributed by atoms with Gasteiger partial charge in [0.2, 0.25) is 5.91 Å². The highest BCUT2D eigenvalue weighted by molar-refractivity contribution is 5.89. The first kappa shape index (κ1) is 30.5. The molecule has 10 nitrogen and oxygen atoms in total. The molecule has 0 radical (unpaired) electrons. The van der Waals surface area contributed by atoms with Gasteiger partial charge in [-0.05, 0) is 55.4 Å². The first-order valence-corrected chi connectivity index (χ1v) is 13.4. The summed E-state index contributed by atoms with van der Waals surface area (Å²) in [7, 11) is 0. The monoisotopic (exact) mass is 553 g/mol. The number of hydrogen-bond donors (Lipinski definition) is 4. The fourth-order valence-electron chi connectivity index (χ4n) is 4.75. The lowest BCUT2D eigenvalue weighted by Crippen LogP contribution is -2.52. The van der Waals surface area contributed by atoms with E-state index in [1.165, 1.54) is 0 Å². The first-order valence-electron chi connectivity index (χ1n) is 13.4. The molecule has 10 heteroatoms. The molecule has 40 heavy (non-hydrogen) atoms. The van der Waals surface area contributed by atoms with Crippen molar-refractivity contribution in [2.75, 3.05) is 13.2 Å². The minimum absolute atomic E-state index is 0.0212. The van der Waals surface area contributed by atoms with Gasteiger partial charge in [0.15, 0.2) is 0 Å². The molecule has 0 spiro atoms. The summed E-state index contributed by atoms with van der Waals surface area (Å²) in [5.41, 5.74) is 3.64. The number of amides is 3. The average Bonchev–Trinajstić information content (AvgIpc) is 3.17. The number of fused-ring (bicyclic) bond motifs is 3. The van der Waals surface area contributed by atoms with Crippen LogP contribution in [0.5, 0.6) is 0 Å². The molecule has 3 rings (SSSR count). The van der Waals surface area contributed by atoms with Gasteiger partial charge in [0.25, 0.3) is 0 Å². The molecule has 3 amide bonds. The molecule has 0 heterocycles. The van der Waals surface area contributed by atoms with Crippen molar-refractivity contribution in [1.29, 1.82) is 0 Å². The van der Waals surface area contributed by atoms with Gasteiger partial charge in [0.1, 0.15) is 18.2 Å². The Labute approximate surface area is 234 Å². The van der Waals surface area contributed by atoms with Crippen molar-refractivity contribution in [2.24, 2.45) is 5.92 Å². The number of carbonyl (C=O) groups excluding carboxylic acids is 3. The maximum atomic E-state index is 12.8. The number of carbonyl (C=O) groups is 4. The minimum atomic E-state index is -1.35. The lowest BCUT2D eigenvalue weighted by atomic mass is 9.98. The van der Waals surface area contributed by atoms with Crippen LogP contribution in [0.2, 0.25) is 0 Å².